The summed E-state index contributed by atoms with van der Waals surface area (Å²) in [5, 5.41) is 8.13. The van der Waals surface area contributed by atoms with Crippen LogP contribution in [0.25, 0.3) is 11.3 Å². The molecule has 2 aromatic rings. The molecule has 0 unspecified atom stereocenters. The van der Waals surface area contributed by atoms with Crippen LogP contribution in [0.4, 0.5) is 5.69 Å². The van der Waals surface area contributed by atoms with E-state index in [0.29, 0.717) is 5.69 Å². The monoisotopic (exact) mass is 192 g/mol. The number of anilines is 1. The molecule has 0 aliphatic rings. The number of rotatable bonds is 1. The molecule has 5 heteroatoms. The first-order chi connectivity index (χ1) is 6.59. The summed E-state index contributed by atoms with van der Waals surface area (Å²) in [6, 6.07) is 0. The van der Waals surface area contributed by atoms with Crippen molar-refractivity contribution in [2.75, 3.05) is 5.73 Å². The second-order valence-corrected chi connectivity index (χ2v) is 3.31. The third kappa shape index (κ3) is 1.17. The van der Waals surface area contributed by atoms with Crippen LogP contribution in [0.3, 0.4) is 0 Å². The lowest BCUT2D eigenvalue weighted by atomic mass is 10.1. The zero-order valence-corrected chi connectivity index (χ0v) is 8.40. The van der Waals surface area contributed by atoms with Gasteiger partial charge < -0.3 is 10.3 Å². The number of nitrogen functional groups attached to an aromatic ring is 1. The summed E-state index contributed by atoms with van der Waals surface area (Å²) in [6.45, 7) is 3.73. The van der Waals surface area contributed by atoms with E-state index in [1.807, 2.05) is 20.9 Å². The fourth-order valence-corrected chi connectivity index (χ4v) is 1.52. The fraction of sp³-hybridized carbons (Fsp3) is 0.333. The Bertz CT molecular complexity index is 450. The van der Waals surface area contributed by atoms with Gasteiger partial charge in [0.05, 0.1) is 16.9 Å². The van der Waals surface area contributed by atoms with Crippen molar-refractivity contribution in [2.24, 2.45) is 7.05 Å². The van der Waals surface area contributed by atoms with Crippen LogP contribution in [0.15, 0.2) is 10.7 Å². The van der Waals surface area contributed by atoms with Crippen molar-refractivity contribution in [3.8, 4) is 11.3 Å². The van der Waals surface area contributed by atoms with E-state index in [9.17, 15) is 0 Å². The third-order valence-electron chi connectivity index (χ3n) is 2.13. The Kier molecular flexibility index (Phi) is 1.80. The average Bonchev–Trinajstić information content (AvgIpc) is 2.57. The highest BCUT2D eigenvalue weighted by molar-refractivity contribution is 5.74. The van der Waals surface area contributed by atoms with E-state index < -0.39 is 0 Å². The van der Waals surface area contributed by atoms with Gasteiger partial charge in [0.2, 0.25) is 0 Å². The highest BCUT2D eigenvalue weighted by Gasteiger charge is 2.16. The van der Waals surface area contributed by atoms with E-state index >= 15 is 0 Å². The topological polar surface area (TPSA) is 69.9 Å². The van der Waals surface area contributed by atoms with Crippen LogP contribution in [-0.2, 0) is 7.05 Å². The van der Waals surface area contributed by atoms with E-state index in [1.54, 1.807) is 10.9 Å². The zero-order valence-electron chi connectivity index (χ0n) is 8.40. The van der Waals surface area contributed by atoms with Gasteiger partial charge in [0.15, 0.2) is 0 Å². The van der Waals surface area contributed by atoms with E-state index in [2.05, 4.69) is 10.3 Å². The first-order valence-corrected chi connectivity index (χ1v) is 4.32. The SMILES string of the molecule is Cc1noc(C)c1-c1nn(C)cc1N. The van der Waals surface area contributed by atoms with E-state index in [1.165, 1.54) is 0 Å². The number of aryl methyl sites for hydroxylation is 3. The molecule has 2 aromatic heterocycles. The van der Waals surface area contributed by atoms with Crippen molar-refractivity contribution < 1.29 is 4.52 Å². The molecule has 5 nitrogen and oxygen atoms in total. The second kappa shape index (κ2) is 2.87. The van der Waals surface area contributed by atoms with E-state index in [0.717, 1.165) is 22.7 Å². The van der Waals surface area contributed by atoms with Gasteiger partial charge >= 0.3 is 0 Å². The number of nitrogens with zero attached hydrogens (tertiary/aromatic N) is 3. The Morgan fingerprint density at radius 3 is 2.57 bits per heavy atom. The lowest BCUT2D eigenvalue weighted by Crippen LogP contribution is -1.90. The Morgan fingerprint density at radius 2 is 2.14 bits per heavy atom. The first-order valence-electron chi connectivity index (χ1n) is 4.32. The molecule has 74 valence electrons. The summed E-state index contributed by atoms with van der Waals surface area (Å²) in [5.41, 5.74) is 8.90. The highest BCUT2D eigenvalue weighted by atomic mass is 16.5. The lowest BCUT2D eigenvalue weighted by molar-refractivity contribution is 0.393. The number of hydrogen-bond acceptors (Lipinski definition) is 4. The maximum Gasteiger partial charge on any atom is 0.143 e. The van der Waals surface area contributed by atoms with Gasteiger partial charge in [-0.1, -0.05) is 5.16 Å². The molecule has 2 rings (SSSR count). The Hall–Kier alpha value is -1.78. The summed E-state index contributed by atoms with van der Waals surface area (Å²) >= 11 is 0. The molecule has 2 heterocycles. The van der Waals surface area contributed by atoms with Gasteiger partial charge in [-0.25, -0.2) is 0 Å². The third-order valence-corrected chi connectivity index (χ3v) is 2.13. The van der Waals surface area contributed by atoms with Gasteiger partial charge in [-0.05, 0) is 13.8 Å². The molecular formula is C9H12N4O. The summed E-state index contributed by atoms with van der Waals surface area (Å²) in [7, 11) is 1.83. The molecule has 0 aliphatic carbocycles. The van der Waals surface area contributed by atoms with Crippen LogP contribution in [0, 0.1) is 13.8 Å². The van der Waals surface area contributed by atoms with Crippen molar-refractivity contribution in [2.45, 2.75) is 13.8 Å². The van der Waals surface area contributed by atoms with Crippen LogP contribution < -0.4 is 5.73 Å². The summed E-state index contributed by atoms with van der Waals surface area (Å²) in [6.07, 6.45) is 1.77. The van der Waals surface area contributed by atoms with Crippen LogP contribution in [0.5, 0.6) is 0 Å². The summed E-state index contributed by atoms with van der Waals surface area (Å²) in [4.78, 5) is 0. The molecule has 0 aromatic carbocycles. The Morgan fingerprint density at radius 1 is 1.43 bits per heavy atom. The molecule has 0 spiro atoms. The molecule has 0 radical (unpaired) electrons. The lowest BCUT2D eigenvalue weighted by Gasteiger charge is -1.95. The van der Waals surface area contributed by atoms with Gasteiger partial charge in [0.25, 0.3) is 0 Å². The van der Waals surface area contributed by atoms with Crippen molar-refractivity contribution in [3.05, 3.63) is 17.7 Å². The van der Waals surface area contributed by atoms with Gasteiger partial charge in [-0.15, -0.1) is 0 Å². The molecule has 2 N–H and O–H groups in total. The fourth-order valence-electron chi connectivity index (χ4n) is 1.52. The Labute approximate surface area is 81.5 Å². The smallest absolute Gasteiger partial charge is 0.143 e. The van der Waals surface area contributed by atoms with Crippen LogP contribution in [0.2, 0.25) is 0 Å². The van der Waals surface area contributed by atoms with Crippen molar-refractivity contribution >= 4 is 5.69 Å². The molecule has 0 bridgehead atoms. The number of hydrogen-bond donors (Lipinski definition) is 1. The molecular weight excluding hydrogens is 180 g/mol. The molecule has 0 fully saturated rings. The standard InChI is InChI=1S/C9H12N4O/c1-5-8(6(2)14-12-5)9-7(10)4-13(3)11-9/h4H,10H2,1-3H3. The predicted octanol–water partition coefficient (Wildman–Crippen LogP) is 1.27. The molecule has 0 saturated carbocycles. The normalized spacial score (nSPS) is 10.8. The maximum atomic E-state index is 5.82. The minimum atomic E-state index is 0.641. The second-order valence-electron chi connectivity index (χ2n) is 3.31. The molecule has 14 heavy (non-hydrogen) atoms. The minimum absolute atomic E-state index is 0.641. The quantitative estimate of drug-likeness (QED) is 0.738. The molecule has 0 atom stereocenters. The molecule has 0 saturated heterocycles. The van der Waals surface area contributed by atoms with Gasteiger partial charge in [0.1, 0.15) is 11.5 Å². The van der Waals surface area contributed by atoms with Gasteiger partial charge in [-0.2, -0.15) is 5.10 Å². The molecule has 0 aliphatic heterocycles. The van der Waals surface area contributed by atoms with Gasteiger partial charge in [-0.3, -0.25) is 4.68 Å². The van der Waals surface area contributed by atoms with Gasteiger partial charge in [0, 0.05) is 13.2 Å². The van der Waals surface area contributed by atoms with Crippen LogP contribution in [0.1, 0.15) is 11.5 Å². The number of nitrogens with two attached hydrogens (primary N) is 1. The maximum absolute atomic E-state index is 5.82. The average molecular weight is 192 g/mol. The van der Waals surface area contributed by atoms with E-state index in [4.69, 9.17) is 10.3 Å². The Balaban J connectivity index is 2.65. The number of aromatic nitrogens is 3. The predicted molar refractivity (Wildman–Crippen MR) is 52.6 cm³/mol. The first kappa shape index (κ1) is 8.80. The highest BCUT2D eigenvalue weighted by Crippen LogP contribution is 2.29. The van der Waals surface area contributed by atoms with Crippen molar-refractivity contribution in [1.82, 2.24) is 14.9 Å². The van der Waals surface area contributed by atoms with Crippen molar-refractivity contribution in [1.29, 1.82) is 0 Å². The van der Waals surface area contributed by atoms with E-state index in [-0.39, 0.29) is 0 Å². The van der Waals surface area contributed by atoms with Crippen LogP contribution >= 0.6 is 0 Å². The largest absolute Gasteiger partial charge is 0.396 e. The van der Waals surface area contributed by atoms with Crippen LogP contribution in [-0.4, -0.2) is 14.9 Å². The molecule has 0 amide bonds. The minimum Gasteiger partial charge on any atom is -0.396 e. The van der Waals surface area contributed by atoms with Crippen molar-refractivity contribution in [3.63, 3.8) is 0 Å². The summed E-state index contributed by atoms with van der Waals surface area (Å²) < 4.78 is 6.74. The summed E-state index contributed by atoms with van der Waals surface area (Å²) in [5.74, 6) is 0.743. The zero-order chi connectivity index (χ0) is 10.3.